The molecule has 16 heteroatoms. The minimum absolute atomic E-state index is 0.0120. The number of ketones is 1. The predicted octanol–water partition coefficient (Wildman–Crippen LogP) is 9.00. The molecule has 0 fully saturated rings. The fourth-order valence-corrected chi connectivity index (χ4v) is 4.88. The van der Waals surface area contributed by atoms with Gasteiger partial charge in [0.25, 0.3) is 5.91 Å². The minimum Gasteiger partial charge on any atom is -0.455 e. The Bertz CT molecular complexity index is 1890. The molecule has 48 heavy (non-hydrogen) atoms. The maximum Gasteiger partial charge on any atom is 0.460 e. The summed E-state index contributed by atoms with van der Waals surface area (Å²) in [4.78, 5) is 27.0. The van der Waals surface area contributed by atoms with Gasteiger partial charge in [-0.3, -0.25) is 14.5 Å². The van der Waals surface area contributed by atoms with Crippen LogP contribution in [-0.4, -0.2) is 49.2 Å². The second kappa shape index (κ2) is 12.9. The van der Waals surface area contributed by atoms with E-state index >= 15 is 0 Å². The summed E-state index contributed by atoms with van der Waals surface area (Å²) in [6.45, 7) is 1.73. The van der Waals surface area contributed by atoms with Crippen LogP contribution < -0.4 is 10.2 Å². The topological polar surface area (TPSA) is 86.3 Å². The van der Waals surface area contributed by atoms with E-state index in [1.807, 2.05) is 6.19 Å². The summed E-state index contributed by atoms with van der Waals surface area (Å²) in [5.41, 5.74) is 0.569. The number of carbonyl (C=O) groups excluding carboxylic acids is 2. The number of alkyl halides is 9. The van der Waals surface area contributed by atoms with Gasteiger partial charge in [-0.15, -0.1) is 0 Å². The first-order valence-corrected chi connectivity index (χ1v) is 13.9. The van der Waals surface area contributed by atoms with Crippen LogP contribution in [0.4, 0.5) is 49.6 Å². The Hall–Kier alpha value is -5.07. The fraction of sp³-hybridized carbons (Fsp3) is 0.281. The summed E-state index contributed by atoms with van der Waals surface area (Å²) in [5, 5.41) is 12.5. The lowest BCUT2D eigenvalue weighted by Gasteiger charge is -2.33. The van der Waals surface area contributed by atoms with Crippen LogP contribution in [0.3, 0.4) is 0 Å². The van der Waals surface area contributed by atoms with Gasteiger partial charge in [0.2, 0.25) is 0 Å². The van der Waals surface area contributed by atoms with E-state index in [-0.39, 0.29) is 45.7 Å². The van der Waals surface area contributed by atoms with E-state index in [4.69, 9.17) is 4.42 Å². The Morgan fingerprint density at radius 3 is 2.10 bits per heavy atom. The number of rotatable bonds is 11. The van der Waals surface area contributed by atoms with Gasteiger partial charge in [0, 0.05) is 54.6 Å². The molecule has 4 rings (SSSR count). The molecule has 0 aliphatic carbocycles. The maximum atomic E-state index is 14.1. The lowest BCUT2D eigenvalue weighted by molar-refractivity contribution is -0.396. The number of Topliss-reactive ketones (excluding diaryl/α,β-unsaturated/α-hetero) is 1. The molecule has 1 aromatic heterocycles. The van der Waals surface area contributed by atoms with Crippen LogP contribution in [0.25, 0.3) is 33.4 Å². The summed E-state index contributed by atoms with van der Waals surface area (Å²) >= 11 is 0. The highest BCUT2D eigenvalue weighted by Gasteiger charge is 2.81. The van der Waals surface area contributed by atoms with Gasteiger partial charge < -0.3 is 9.73 Å². The van der Waals surface area contributed by atoms with E-state index in [9.17, 15) is 58.8 Å². The van der Waals surface area contributed by atoms with Crippen molar-refractivity contribution in [1.82, 2.24) is 5.32 Å². The SMILES string of the molecule is CCN(C#N)c1cc2oc(-c3ccc(F)cc3)c(C(=O)NC)c2cc1-c1cccc(C(=O)CCC(F)(F)C(F)(F)C(F)(F)C(F)(F)F)c1. The first kappa shape index (κ1) is 35.8. The number of nitriles is 1. The minimum atomic E-state index is -7.08. The van der Waals surface area contributed by atoms with Crippen molar-refractivity contribution in [3.63, 3.8) is 0 Å². The summed E-state index contributed by atoms with van der Waals surface area (Å²) in [7, 11) is 1.35. The molecule has 0 spiro atoms. The summed E-state index contributed by atoms with van der Waals surface area (Å²) in [6.07, 6.45) is -8.90. The van der Waals surface area contributed by atoms with Crippen molar-refractivity contribution in [3.8, 4) is 28.6 Å². The Kier molecular flexibility index (Phi) is 9.58. The van der Waals surface area contributed by atoms with Gasteiger partial charge in [-0.05, 0) is 48.9 Å². The zero-order valence-electron chi connectivity index (χ0n) is 24.8. The van der Waals surface area contributed by atoms with Crippen LogP contribution in [0.1, 0.15) is 40.5 Å². The zero-order chi connectivity index (χ0) is 35.8. The Labute approximate surface area is 265 Å². The predicted molar refractivity (Wildman–Crippen MR) is 154 cm³/mol. The molecule has 4 aromatic rings. The standard InChI is InChI=1S/C32H23F10N3O3/c1-3-45(16-43)23-15-25-22(26(28(47)44-2)27(48-25)17-7-9-20(33)10-8-17)14-21(23)18-5-4-6-19(13-18)24(46)11-12-29(34,35)30(36,37)31(38,39)32(40,41)42/h4-10,13-15H,3,11-12H2,1-2H3,(H,44,47). The third kappa shape index (κ3) is 6.28. The van der Waals surface area contributed by atoms with Crippen molar-refractivity contribution >= 4 is 28.3 Å². The molecule has 1 heterocycles. The van der Waals surface area contributed by atoms with Crippen LogP contribution in [0.5, 0.6) is 0 Å². The van der Waals surface area contributed by atoms with Crippen molar-refractivity contribution in [3.05, 3.63) is 77.6 Å². The number of nitrogens with zero attached hydrogens (tertiary/aromatic N) is 2. The highest BCUT2D eigenvalue weighted by molar-refractivity contribution is 6.13. The second-order valence-electron chi connectivity index (χ2n) is 10.5. The highest BCUT2D eigenvalue weighted by Crippen LogP contribution is 2.54. The molecule has 1 amide bonds. The Balaban J connectivity index is 1.80. The third-order valence-corrected chi connectivity index (χ3v) is 7.47. The molecule has 0 radical (unpaired) electrons. The van der Waals surface area contributed by atoms with Crippen molar-refractivity contribution < 1.29 is 57.9 Å². The molecule has 0 saturated heterocycles. The largest absolute Gasteiger partial charge is 0.460 e. The number of hydrogen-bond donors (Lipinski definition) is 1. The molecule has 6 nitrogen and oxygen atoms in total. The van der Waals surface area contributed by atoms with Gasteiger partial charge in [0.15, 0.2) is 12.0 Å². The number of anilines is 1. The fourth-order valence-electron chi connectivity index (χ4n) is 4.88. The molecular formula is C32H23F10N3O3. The Morgan fingerprint density at radius 2 is 1.54 bits per heavy atom. The molecule has 0 bridgehead atoms. The lowest BCUT2D eigenvalue weighted by Crippen LogP contribution is -2.60. The van der Waals surface area contributed by atoms with Gasteiger partial charge in [-0.25, -0.2) is 4.39 Å². The molecule has 0 saturated carbocycles. The molecule has 0 aliphatic rings. The van der Waals surface area contributed by atoms with E-state index in [0.29, 0.717) is 5.56 Å². The first-order valence-electron chi connectivity index (χ1n) is 13.9. The molecule has 0 atom stereocenters. The lowest BCUT2D eigenvalue weighted by atomic mass is 9.94. The number of fused-ring (bicyclic) bond motifs is 1. The highest BCUT2D eigenvalue weighted by atomic mass is 19.4. The average molecular weight is 688 g/mol. The average Bonchev–Trinajstić information content (AvgIpc) is 3.41. The third-order valence-electron chi connectivity index (χ3n) is 7.47. The summed E-state index contributed by atoms with van der Waals surface area (Å²) in [6, 6.07) is 12.7. The van der Waals surface area contributed by atoms with Crippen molar-refractivity contribution in [2.75, 3.05) is 18.5 Å². The molecule has 1 N–H and O–H groups in total. The number of amides is 1. The van der Waals surface area contributed by atoms with Crippen molar-refractivity contribution in [2.45, 2.75) is 43.7 Å². The Morgan fingerprint density at radius 1 is 0.896 bits per heavy atom. The number of carbonyl (C=O) groups is 2. The smallest absolute Gasteiger partial charge is 0.455 e. The van der Waals surface area contributed by atoms with Crippen LogP contribution >= 0.6 is 0 Å². The first-order chi connectivity index (χ1) is 22.3. The van der Waals surface area contributed by atoms with Crippen LogP contribution in [0.15, 0.2) is 65.1 Å². The molecular weight excluding hydrogens is 664 g/mol. The van der Waals surface area contributed by atoms with E-state index in [1.54, 1.807) is 6.92 Å². The van der Waals surface area contributed by atoms with Crippen molar-refractivity contribution in [2.24, 2.45) is 0 Å². The van der Waals surface area contributed by atoms with E-state index in [0.717, 1.165) is 24.3 Å². The quantitative estimate of drug-likeness (QED) is 0.0737. The summed E-state index contributed by atoms with van der Waals surface area (Å²) in [5.74, 6) is -22.3. The van der Waals surface area contributed by atoms with E-state index in [1.165, 1.54) is 48.3 Å². The van der Waals surface area contributed by atoms with E-state index < -0.39 is 59.9 Å². The molecule has 3 aromatic carbocycles. The molecule has 0 unspecified atom stereocenters. The van der Waals surface area contributed by atoms with Gasteiger partial charge in [0.05, 0.1) is 11.3 Å². The van der Waals surface area contributed by atoms with Gasteiger partial charge in [-0.2, -0.15) is 44.8 Å². The molecule has 254 valence electrons. The van der Waals surface area contributed by atoms with Gasteiger partial charge in [0.1, 0.15) is 17.2 Å². The second-order valence-corrected chi connectivity index (χ2v) is 10.5. The number of benzene rings is 3. The van der Waals surface area contributed by atoms with Gasteiger partial charge >= 0.3 is 23.9 Å². The molecule has 0 aliphatic heterocycles. The number of nitrogens with one attached hydrogen (secondary N) is 1. The van der Waals surface area contributed by atoms with Crippen molar-refractivity contribution in [1.29, 1.82) is 5.26 Å². The zero-order valence-corrected chi connectivity index (χ0v) is 24.8. The number of hydrogen-bond acceptors (Lipinski definition) is 5. The van der Waals surface area contributed by atoms with Crippen LogP contribution in [-0.2, 0) is 0 Å². The number of halogens is 10. The van der Waals surface area contributed by atoms with Crippen LogP contribution in [0, 0.1) is 17.3 Å². The normalized spacial score (nSPS) is 12.6. The van der Waals surface area contributed by atoms with Gasteiger partial charge in [-0.1, -0.05) is 18.2 Å². The van der Waals surface area contributed by atoms with E-state index in [2.05, 4.69) is 5.32 Å². The van der Waals surface area contributed by atoms with Crippen LogP contribution in [0.2, 0.25) is 0 Å². The monoisotopic (exact) mass is 687 g/mol. The summed E-state index contributed by atoms with van der Waals surface area (Å²) < 4.78 is 139. The number of furan rings is 1. The maximum absolute atomic E-state index is 14.1.